The van der Waals surface area contributed by atoms with Gasteiger partial charge in [0.1, 0.15) is 0 Å². The number of halogens is 2. The van der Waals surface area contributed by atoms with E-state index in [1.54, 1.807) is 36.5 Å². The highest BCUT2D eigenvalue weighted by atomic mass is 127. The maximum Gasteiger partial charge on any atom is 0.252 e. The van der Waals surface area contributed by atoms with Gasteiger partial charge >= 0.3 is 0 Å². The molecule has 0 aliphatic rings. The predicted octanol–water partition coefficient (Wildman–Crippen LogP) is 2.66. The molecule has 18 heavy (non-hydrogen) atoms. The molecule has 0 atom stereocenters. The predicted molar refractivity (Wildman–Crippen MR) is 77.4 cm³/mol. The minimum atomic E-state index is -0.174. The van der Waals surface area contributed by atoms with Crippen LogP contribution in [-0.4, -0.2) is 16.1 Å². The fourth-order valence-electron chi connectivity index (χ4n) is 1.37. The van der Waals surface area contributed by atoms with E-state index in [2.05, 4.69) is 38.1 Å². The van der Waals surface area contributed by atoms with Crippen LogP contribution in [0.3, 0.4) is 0 Å². The molecule has 0 aliphatic heterocycles. The fraction of sp³-hybridized carbons (Fsp3) is 0.0833. The largest absolute Gasteiger partial charge is 0.346 e. The lowest BCUT2D eigenvalue weighted by atomic mass is 10.2. The molecule has 6 heteroatoms. The minimum absolute atomic E-state index is 0.174. The lowest BCUT2D eigenvalue weighted by molar-refractivity contribution is 0.0949. The summed E-state index contributed by atoms with van der Waals surface area (Å²) < 4.78 is 0.855. The van der Waals surface area contributed by atoms with Crippen molar-refractivity contribution in [2.24, 2.45) is 0 Å². The first-order valence-electron chi connectivity index (χ1n) is 5.16. The number of rotatable bonds is 3. The number of nitrogens with one attached hydrogen (secondary N) is 1. The first-order valence-corrected chi connectivity index (χ1v) is 6.62. The Balaban J connectivity index is 2.06. The van der Waals surface area contributed by atoms with Gasteiger partial charge in [-0.1, -0.05) is 11.6 Å². The van der Waals surface area contributed by atoms with Crippen molar-refractivity contribution >= 4 is 40.1 Å². The molecule has 2 aromatic rings. The van der Waals surface area contributed by atoms with E-state index < -0.39 is 0 Å². The molecule has 1 heterocycles. The Kier molecular flexibility index (Phi) is 4.48. The van der Waals surface area contributed by atoms with Gasteiger partial charge in [-0.15, -0.1) is 0 Å². The third-order valence-electron chi connectivity index (χ3n) is 2.23. The fourth-order valence-corrected chi connectivity index (χ4v) is 2.12. The van der Waals surface area contributed by atoms with Gasteiger partial charge in [-0.25, -0.2) is 0 Å². The van der Waals surface area contributed by atoms with Crippen molar-refractivity contribution in [1.29, 1.82) is 0 Å². The smallest absolute Gasteiger partial charge is 0.252 e. The average Bonchev–Trinajstić information content (AvgIpc) is 2.40. The Labute approximate surface area is 123 Å². The van der Waals surface area contributed by atoms with Crippen LogP contribution in [0.15, 0.2) is 36.5 Å². The van der Waals surface area contributed by atoms with Crippen LogP contribution in [-0.2, 0) is 6.54 Å². The second kappa shape index (κ2) is 6.10. The second-order valence-corrected chi connectivity index (χ2v) is 5.12. The standard InChI is InChI=1S/C12H9ClIN3O/c13-8-3-4-11(14)10(6-8)12(18)15-7-9-2-1-5-16-17-9/h1-6H,7H2,(H,15,18). The summed E-state index contributed by atoms with van der Waals surface area (Å²) in [6, 6.07) is 8.78. The van der Waals surface area contributed by atoms with E-state index in [0.29, 0.717) is 22.8 Å². The van der Waals surface area contributed by atoms with E-state index >= 15 is 0 Å². The van der Waals surface area contributed by atoms with Crippen LogP contribution >= 0.6 is 34.2 Å². The van der Waals surface area contributed by atoms with Gasteiger partial charge in [0.25, 0.3) is 5.91 Å². The summed E-state index contributed by atoms with van der Waals surface area (Å²) in [5.41, 5.74) is 1.27. The molecule has 1 amide bonds. The molecule has 0 bridgehead atoms. The van der Waals surface area contributed by atoms with Crippen molar-refractivity contribution in [3.05, 3.63) is 56.4 Å². The number of carbonyl (C=O) groups is 1. The molecule has 4 nitrogen and oxygen atoms in total. The maximum absolute atomic E-state index is 12.0. The number of hydrogen-bond acceptors (Lipinski definition) is 3. The van der Waals surface area contributed by atoms with E-state index in [0.717, 1.165) is 3.57 Å². The average molecular weight is 374 g/mol. The Bertz CT molecular complexity index is 563. The van der Waals surface area contributed by atoms with Gasteiger partial charge in [0.15, 0.2) is 0 Å². The van der Waals surface area contributed by atoms with Crippen LogP contribution in [0.4, 0.5) is 0 Å². The summed E-state index contributed by atoms with van der Waals surface area (Å²) in [6.07, 6.45) is 1.59. The van der Waals surface area contributed by atoms with Gasteiger partial charge in [0.05, 0.1) is 17.8 Å². The number of nitrogens with zero attached hydrogens (tertiary/aromatic N) is 2. The molecule has 0 unspecified atom stereocenters. The van der Waals surface area contributed by atoms with Gasteiger partial charge in [0.2, 0.25) is 0 Å². The Hall–Kier alpha value is -1.21. The van der Waals surface area contributed by atoms with Crippen LogP contribution in [0.1, 0.15) is 16.1 Å². The molecular weight excluding hydrogens is 365 g/mol. The number of amides is 1. The van der Waals surface area contributed by atoms with Crippen molar-refractivity contribution in [1.82, 2.24) is 15.5 Å². The topological polar surface area (TPSA) is 54.9 Å². The van der Waals surface area contributed by atoms with Crippen LogP contribution in [0, 0.1) is 3.57 Å². The number of hydrogen-bond donors (Lipinski definition) is 1. The number of benzene rings is 1. The van der Waals surface area contributed by atoms with E-state index in [9.17, 15) is 4.79 Å². The van der Waals surface area contributed by atoms with Crippen molar-refractivity contribution in [2.45, 2.75) is 6.54 Å². The van der Waals surface area contributed by atoms with Gasteiger partial charge in [0, 0.05) is 14.8 Å². The van der Waals surface area contributed by atoms with E-state index in [1.807, 2.05) is 0 Å². The van der Waals surface area contributed by atoms with Crippen LogP contribution in [0.25, 0.3) is 0 Å². The maximum atomic E-state index is 12.0. The Morgan fingerprint density at radius 3 is 2.94 bits per heavy atom. The summed E-state index contributed by atoms with van der Waals surface area (Å²) in [6.45, 7) is 0.343. The zero-order valence-corrected chi connectivity index (χ0v) is 12.1. The molecule has 0 radical (unpaired) electrons. The van der Waals surface area contributed by atoms with Gasteiger partial charge in [-0.3, -0.25) is 4.79 Å². The van der Waals surface area contributed by atoms with Gasteiger partial charge in [-0.2, -0.15) is 10.2 Å². The highest BCUT2D eigenvalue weighted by molar-refractivity contribution is 14.1. The quantitative estimate of drug-likeness (QED) is 0.842. The Morgan fingerprint density at radius 1 is 1.39 bits per heavy atom. The molecule has 0 spiro atoms. The monoisotopic (exact) mass is 373 g/mol. The van der Waals surface area contributed by atoms with Crippen LogP contribution in [0.5, 0.6) is 0 Å². The molecule has 1 aromatic heterocycles. The first-order chi connectivity index (χ1) is 8.66. The number of carbonyl (C=O) groups excluding carboxylic acids is 1. The third-order valence-corrected chi connectivity index (χ3v) is 3.41. The highest BCUT2D eigenvalue weighted by Gasteiger charge is 2.10. The van der Waals surface area contributed by atoms with E-state index in [-0.39, 0.29) is 5.91 Å². The van der Waals surface area contributed by atoms with E-state index in [1.165, 1.54) is 0 Å². The van der Waals surface area contributed by atoms with Crippen molar-refractivity contribution in [3.63, 3.8) is 0 Å². The van der Waals surface area contributed by atoms with E-state index in [4.69, 9.17) is 11.6 Å². The van der Waals surface area contributed by atoms with Crippen LogP contribution in [0.2, 0.25) is 5.02 Å². The second-order valence-electron chi connectivity index (χ2n) is 3.52. The third kappa shape index (κ3) is 3.39. The van der Waals surface area contributed by atoms with Crippen molar-refractivity contribution in [3.8, 4) is 0 Å². The SMILES string of the molecule is O=C(NCc1cccnn1)c1cc(Cl)ccc1I. The zero-order valence-electron chi connectivity index (χ0n) is 9.23. The summed E-state index contributed by atoms with van der Waals surface area (Å²) in [7, 11) is 0. The molecule has 2 rings (SSSR count). The van der Waals surface area contributed by atoms with Crippen LogP contribution < -0.4 is 5.32 Å². The highest BCUT2D eigenvalue weighted by Crippen LogP contribution is 2.17. The molecule has 0 fully saturated rings. The molecule has 1 aromatic carbocycles. The normalized spacial score (nSPS) is 10.1. The molecular formula is C12H9ClIN3O. The van der Waals surface area contributed by atoms with Gasteiger partial charge in [-0.05, 0) is 52.9 Å². The summed E-state index contributed by atoms with van der Waals surface area (Å²) in [5, 5.41) is 11.0. The lowest BCUT2D eigenvalue weighted by Gasteiger charge is -2.06. The molecule has 1 N–H and O–H groups in total. The Morgan fingerprint density at radius 2 is 2.22 bits per heavy atom. The summed E-state index contributed by atoms with van der Waals surface area (Å²) in [5.74, 6) is -0.174. The van der Waals surface area contributed by atoms with Crippen molar-refractivity contribution in [2.75, 3.05) is 0 Å². The number of aromatic nitrogens is 2. The molecule has 0 aliphatic carbocycles. The minimum Gasteiger partial charge on any atom is -0.346 e. The molecule has 0 saturated carbocycles. The summed E-state index contributed by atoms with van der Waals surface area (Å²) in [4.78, 5) is 12.0. The van der Waals surface area contributed by atoms with Gasteiger partial charge < -0.3 is 5.32 Å². The van der Waals surface area contributed by atoms with Crippen molar-refractivity contribution < 1.29 is 4.79 Å². The molecule has 0 saturated heterocycles. The summed E-state index contributed by atoms with van der Waals surface area (Å²) >= 11 is 7.97. The first kappa shape index (κ1) is 13.2. The lowest BCUT2D eigenvalue weighted by Crippen LogP contribution is -2.24. The zero-order chi connectivity index (χ0) is 13.0. The molecule has 92 valence electrons.